The van der Waals surface area contributed by atoms with Crippen molar-refractivity contribution in [2.45, 2.75) is 24.0 Å². The van der Waals surface area contributed by atoms with Crippen LogP contribution in [-0.4, -0.2) is 17.1 Å². The molecule has 0 saturated heterocycles. The van der Waals surface area contributed by atoms with Gasteiger partial charge in [0.1, 0.15) is 0 Å². The molecule has 4 nitrogen and oxygen atoms in total. The molecule has 0 aliphatic heterocycles. The maximum atomic E-state index is 12.0. The summed E-state index contributed by atoms with van der Waals surface area (Å²) in [7, 11) is 0. The topological polar surface area (TPSA) is 58.2 Å². The molecule has 2 amide bonds. The van der Waals surface area contributed by atoms with Crippen molar-refractivity contribution in [1.82, 2.24) is 10.9 Å². The summed E-state index contributed by atoms with van der Waals surface area (Å²) in [4.78, 5) is 25.4. The van der Waals surface area contributed by atoms with Gasteiger partial charge in [-0.2, -0.15) is 0 Å². The number of halogens is 1. The molecule has 0 unspecified atom stereocenters. The lowest BCUT2D eigenvalue weighted by atomic mass is 10.2. The van der Waals surface area contributed by atoms with Crippen LogP contribution in [0, 0.1) is 6.92 Å². The highest BCUT2D eigenvalue weighted by molar-refractivity contribution is 9.11. The number of carbonyl (C=O) groups is 2. The Bertz CT molecular complexity index is 670. The SMILES string of the molecule is Cc1ccc(S[C@H](C)C(=O)NNC(=O)c2ccc(Br)s2)cc1. The minimum absolute atomic E-state index is 0.241. The van der Waals surface area contributed by atoms with Gasteiger partial charge >= 0.3 is 0 Å². The van der Waals surface area contributed by atoms with Crippen LogP contribution in [0.4, 0.5) is 0 Å². The van der Waals surface area contributed by atoms with Gasteiger partial charge < -0.3 is 0 Å². The van der Waals surface area contributed by atoms with Crippen LogP contribution < -0.4 is 10.9 Å². The number of aryl methyl sites for hydroxylation is 1. The van der Waals surface area contributed by atoms with Crippen LogP contribution in [0.1, 0.15) is 22.2 Å². The van der Waals surface area contributed by atoms with Gasteiger partial charge in [-0.15, -0.1) is 23.1 Å². The predicted octanol–water partition coefficient (Wildman–Crippen LogP) is 3.76. The largest absolute Gasteiger partial charge is 0.279 e. The van der Waals surface area contributed by atoms with E-state index in [2.05, 4.69) is 26.8 Å². The maximum Gasteiger partial charge on any atom is 0.279 e. The van der Waals surface area contributed by atoms with E-state index in [1.54, 1.807) is 19.1 Å². The van der Waals surface area contributed by atoms with Crippen LogP contribution in [0.5, 0.6) is 0 Å². The highest BCUT2D eigenvalue weighted by Crippen LogP contribution is 2.23. The molecule has 2 rings (SSSR count). The van der Waals surface area contributed by atoms with Crippen molar-refractivity contribution >= 4 is 50.8 Å². The van der Waals surface area contributed by atoms with Crippen molar-refractivity contribution in [2.75, 3.05) is 0 Å². The summed E-state index contributed by atoms with van der Waals surface area (Å²) < 4.78 is 0.868. The molecular formula is C15H15BrN2O2S2. The first-order chi connectivity index (χ1) is 10.5. The summed E-state index contributed by atoms with van der Waals surface area (Å²) in [5.41, 5.74) is 6.06. The molecule has 0 fully saturated rings. The number of thiophene rings is 1. The fourth-order valence-corrected chi connectivity index (χ4v) is 3.74. The molecule has 2 aromatic rings. The van der Waals surface area contributed by atoms with Gasteiger partial charge in [-0.05, 0) is 54.0 Å². The fraction of sp³-hybridized carbons (Fsp3) is 0.200. The lowest BCUT2D eigenvalue weighted by Crippen LogP contribution is -2.44. The Balaban J connectivity index is 1.83. The Morgan fingerprint density at radius 2 is 1.82 bits per heavy atom. The van der Waals surface area contributed by atoms with Crippen LogP contribution >= 0.6 is 39.0 Å². The quantitative estimate of drug-likeness (QED) is 0.608. The molecule has 1 heterocycles. The maximum absolute atomic E-state index is 12.0. The number of hydrogen-bond acceptors (Lipinski definition) is 4. The number of rotatable bonds is 4. The standard InChI is InChI=1S/C15H15BrN2O2S2/c1-9-3-5-11(6-4-9)21-10(2)14(19)17-18-15(20)12-7-8-13(16)22-12/h3-8,10H,1-2H3,(H,17,19)(H,18,20)/t10-/m1/s1. The van der Waals surface area contributed by atoms with E-state index >= 15 is 0 Å². The lowest BCUT2D eigenvalue weighted by molar-refractivity contribution is -0.121. The monoisotopic (exact) mass is 398 g/mol. The third-order valence-corrected chi connectivity index (χ3v) is 5.53. The van der Waals surface area contributed by atoms with E-state index in [-0.39, 0.29) is 17.1 Å². The first-order valence-corrected chi connectivity index (χ1v) is 9.03. The summed E-state index contributed by atoms with van der Waals surface area (Å²) in [6.07, 6.45) is 0. The number of hydrazine groups is 1. The normalized spacial score (nSPS) is 11.8. The summed E-state index contributed by atoms with van der Waals surface area (Å²) >= 11 is 6.05. The number of amides is 2. The van der Waals surface area contributed by atoms with Crippen molar-refractivity contribution in [1.29, 1.82) is 0 Å². The minimum atomic E-state index is -0.323. The van der Waals surface area contributed by atoms with Gasteiger partial charge in [-0.3, -0.25) is 20.4 Å². The second-order valence-corrected chi connectivity index (χ2v) is 8.50. The van der Waals surface area contributed by atoms with Gasteiger partial charge in [-0.25, -0.2) is 0 Å². The molecule has 22 heavy (non-hydrogen) atoms. The predicted molar refractivity (Wildman–Crippen MR) is 94.1 cm³/mol. The van der Waals surface area contributed by atoms with E-state index < -0.39 is 0 Å². The average Bonchev–Trinajstić information content (AvgIpc) is 2.93. The molecule has 0 radical (unpaired) electrons. The van der Waals surface area contributed by atoms with E-state index in [4.69, 9.17) is 0 Å². The number of thioether (sulfide) groups is 1. The first-order valence-electron chi connectivity index (χ1n) is 6.54. The van der Waals surface area contributed by atoms with E-state index in [1.807, 2.05) is 31.2 Å². The molecule has 0 aliphatic carbocycles. The van der Waals surface area contributed by atoms with Gasteiger partial charge in [0, 0.05) is 4.90 Å². The van der Waals surface area contributed by atoms with Crippen LogP contribution in [-0.2, 0) is 4.79 Å². The molecule has 0 bridgehead atoms. The molecule has 0 aliphatic rings. The van der Waals surface area contributed by atoms with E-state index in [0.717, 1.165) is 8.68 Å². The lowest BCUT2D eigenvalue weighted by Gasteiger charge is -2.12. The molecule has 2 N–H and O–H groups in total. The van der Waals surface area contributed by atoms with E-state index in [0.29, 0.717) is 4.88 Å². The number of nitrogens with one attached hydrogen (secondary N) is 2. The van der Waals surface area contributed by atoms with Gasteiger partial charge in [0.05, 0.1) is 13.9 Å². The van der Waals surface area contributed by atoms with Crippen LogP contribution in [0.3, 0.4) is 0 Å². The zero-order valence-corrected chi connectivity index (χ0v) is 15.3. The zero-order valence-electron chi connectivity index (χ0n) is 12.1. The van der Waals surface area contributed by atoms with Crippen molar-refractivity contribution in [3.63, 3.8) is 0 Å². The molecule has 0 spiro atoms. The molecule has 116 valence electrons. The number of carbonyl (C=O) groups excluding carboxylic acids is 2. The van der Waals surface area contributed by atoms with Crippen molar-refractivity contribution in [2.24, 2.45) is 0 Å². The number of hydrogen-bond donors (Lipinski definition) is 2. The van der Waals surface area contributed by atoms with Crippen LogP contribution in [0.15, 0.2) is 45.1 Å². The molecule has 1 aromatic carbocycles. The van der Waals surface area contributed by atoms with Crippen molar-refractivity contribution < 1.29 is 9.59 Å². The highest BCUT2D eigenvalue weighted by atomic mass is 79.9. The Morgan fingerprint density at radius 3 is 2.41 bits per heavy atom. The van der Waals surface area contributed by atoms with Gasteiger partial charge in [-0.1, -0.05) is 17.7 Å². The van der Waals surface area contributed by atoms with Crippen molar-refractivity contribution in [3.8, 4) is 0 Å². The van der Waals surface area contributed by atoms with Gasteiger partial charge in [0.25, 0.3) is 11.8 Å². The Hall–Kier alpha value is -1.31. The molecular weight excluding hydrogens is 384 g/mol. The third kappa shape index (κ3) is 4.86. The fourth-order valence-electron chi connectivity index (χ4n) is 1.59. The first kappa shape index (κ1) is 17.1. The van der Waals surface area contributed by atoms with Gasteiger partial charge in [0.2, 0.25) is 0 Å². The Labute approximate surface area is 145 Å². The summed E-state index contributed by atoms with van der Waals surface area (Å²) in [6.45, 7) is 3.82. The third-order valence-electron chi connectivity index (χ3n) is 2.80. The Morgan fingerprint density at radius 1 is 1.14 bits per heavy atom. The second-order valence-electron chi connectivity index (χ2n) is 4.62. The minimum Gasteiger partial charge on any atom is -0.272 e. The summed E-state index contributed by atoms with van der Waals surface area (Å²) in [5, 5.41) is -0.307. The van der Waals surface area contributed by atoms with Crippen molar-refractivity contribution in [3.05, 3.63) is 50.6 Å². The smallest absolute Gasteiger partial charge is 0.272 e. The van der Waals surface area contributed by atoms with E-state index in [1.165, 1.54) is 28.7 Å². The highest BCUT2D eigenvalue weighted by Gasteiger charge is 2.16. The summed E-state index contributed by atoms with van der Waals surface area (Å²) in [5.74, 6) is -0.564. The molecule has 7 heteroatoms. The molecule has 1 aromatic heterocycles. The second kappa shape index (κ2) is 7.80. The summed E-state index contributed by atoms with van der Waals surface area (Å²) in [6, 6.07) is 11.4. The molecule has 1 atom stereocenters. The van der Waals surface area contributed by atoms with E-state index in [9.17, 15) is 9.59 Å². The van der Waals surface area contributed by atoms with Gasteiger partial charge in [0.15, 0.2) is 0 Å². The average molecular weight is 399 g/mol. The zero-order chi connectivity index (χ0) is 16.1. The molecule has 0 saturated carbocycles. The van der Waals surface area contributed by atoms with Crippen LogP contribution in [0.2, 0.25) is 0 Å². The van der Waals surface area contributed by atoms with Crippen LogP contribution in [0.25, 0.3) is 0 Å². The number of benzene rings is 1. The Kier molecular flexibility index (Phi) is 6.05.